The smallest absolute Gasteiger partial charge is 0.223 e. The number of nitrogens with zero attached hydrogens (tertiary/aromatic N) is 1. The SMILES string of the molecule is Cc1ccc(C(CNC(=O)C2CCC(N)C2)N2CCCC2)o1. The van der Waals surface area contributed by atoms with Gasteiger partial charge in [-0.2, -0.15) is 0 Å². The van der Waals surface area contributed by atoms with Crippen LogP contribution in [0.2, 0.25) is 0 Å². The molecule has 0 radical (unpaired) electrons. The minimum atomic E-state index is 0.0903. The Bertz CT molecular complexity index is 508. The first kappa shape index (κ1) is 15.6. The number of carbonyl (C=O) groups excluding carboxylic acids is 1. The highest BCUT2D eigenvalue weighted by atomic mass is 16.3. The molecule has 1 aliphatic heterocycles. The highest BCUT2D eigenvalue weighted by Gasteiger charge is 2.30. The number of nitrogens with one attached hydrogen (secondary N) is 1. The van der Waals surface area contributed by atoms with E-state index in [4.69, 9.17) is 10.2 Å². The van der Waals surface area contributed by atoms with Gasteiger partial charge in [0.15, 0.2) is 0 Å². The van der Waals surface area contributed by atoms with E-state index in [9.17, 15) is 4.79 Å². The molecular formula is C17H27N3O2. The quantitative estimate of drug-likeness (QED) is 0.872. The van der Waals surface area contributed by atoms with Crippen molar-refractivity contribution in [2.45, 2.75) is 51.1 Å². The van der Waals surface area contributed by atoms with Gasteiger partial charge in [-0.25, -0.2) is 0 Å². The Hall–Kier alpha value is -1.33. The number of amides is 1. The van der Waals surface area contributed by atoms with Crippen molar-refractivity contribution in [2.24, 2.45) is 11.7 Å². The number of furan rings is 1. The molecule has 3 atom stereocenters. The average Bonchev–Trinajstić information content (AvgIpc) is 3.21. The van der Waals surface area contributed by atoms with E-state index >= 15 is 0 Å². The zero-order chi connectivity index (χ0) is 15.5. The summed E-state index contributed by atoms with van der Waals surface area (Å²) >= 11 is 0. The highest BCUT2D eigenvalue weighted by molar-refractivity contribution is 5.79. The lowest BCUT2D eigenvalue weighted by Gasteiger charge is -2.26. The Morgan fingerprint density at radius 1 is 1.41 bits per heavy atom. The first-order valence-electron chi connectivity index (χ1n) is 8.47. The van der Waals surface area contributed by atoms with Gasteiger partial charge in [0, 0.05) is 18.5 Å². The fraction of sp³-hybridized carbons (Fsp3) is 0.706. The van der Waals surface area contributed by atoms with Crippen molar-refractivity contribution >= 4 is 5.91 Å². The predicted octanol–water partition coefficient (Wildman–Crippen LogP) is 1.97. The van der Waals surface area contributed by atoms with Crippen molar-refractivity contribution in [2.75, 3.05) is 19.6 Å². The molecule has 0 spiro atoms. The molecule has 2 aliphatic rings. The second kappa shape index (κ2) is 6.84. The predicted molar refractivity (Wildman–Crippen MR) is 85.3 cm³/mol. The van der Waals surface area contributed by atoms with Crippen LogP contribution in [0.4, 0.5) is 0 Å². The lowest BCUT2D eigenvalue weighted by Crippen LogP contribution is -2.39. The van der Waals surface area contributed by atoms with Crippen molar-refractivity contribution in [1.29, 1.82) is 0 Å². The maximum absolute atomic E-state index is 12.3. The van der Waals surface area contributed by atoms with Gasteiger partial charge in [-0.1, -0.05) is 0 Å². The summed E-state index contributed by atoms with van der Waals surface area (Å²) in [7, 11) is 0. The first-order valence-corrected chi connectivity index (χ1v) is 8.47. The normalized spacial score (nSPS) is 27.2. The van der Waals surface area contributed by atoms with E-state index in [-0.39, 0.29) is 23.9 Å². The summed E-state index contributed by atoms with van der Waals surface area (Å²) in [5.41, 5.74) is 5.91. The fourth-order valence-corrected chi connectivity index (χ4v) is 3.69. The summed E-state index contributed by atoms with van der Waals surface area (Å²) in [5, 5.41) is 3.13. The molecule has 1 aromatic rings. The Balaban J connectivity index is 1.61. The molecule has 1 saturated carbocycles. The molecule has 0 aromatic carbocycles. The van der Waals surface area contributed by atoms with Crippen molar-refractivity contribution in [1.82, 2.24) is 10.2 Å². The van der Waals surface area contributed by atoms with Crippen LogP contribution in [0.3, 0.4) is 0 Å². The molecule has 2 fully saturated rings. The van der Waals surface area contributed by atoms with Gasteiger partial charge in [0.25, 0.3) is 0 Å². The Kier molecular flexibility index (Phi) is 4.84. The second-order valence-corrected chi connectivity index (χ2v) is 6.72. The number of nitrogens with two attached hydrogens (primary N) is 1. The molecular weight excluding hydrogens is 278 g/mol. The third-order valence-electron chi connectivity index (χ3n) is 4.98. The number of aryl methyl sites for hydroxylation is 1. The van der Waals surface area contributed by atoms with Crippen LogP contribution in [0.1, 0.15) is 49.7 Å². The number of hydrogen-bond acceptors (Lipinski definition) is 4. The summed E-state index contributed by atoms with van der Waals surface area (Å²) in [4.78, 5) is 14.7. The van der Waals surface area contributed by atoms with Gasteiger partial charge >= 0.3 is 0 Å². The van der Waals surface area contributed by atoms with E-state index in [2.05, 4.69) is 10.2 Å². The van der Waals surface area contributed by atoms with E-state index in [0.29, 0.717) is 6.54 Å². The first-order chi connectivity index (χ1) is 10.6. The van der Waals surface area contributed by atoms with Gasteiger partial charge in [-0.3, -0.25) is 9.69 Å². The molecule has 3 rings (SSSR count). The van der Waals surface area contributed by atoms with Crippen LogP contribution < -0.4 is 11.1 Å². The second-order valence-electron chi connectivity index (χ2n) is 6.72. The summed E-state index contributed by atoms with van der Waals surface area (Å²) < 4.78 is 5.82. The topological polar surface area (TPSA) is 71.5 Å². The molecule has 122 valence electrons. The number of carbonyl (C=O) groups is 1. The van der Waals surface area contributed by atoms with Crippen molar-refractivity contribution in [3.8, 4) is 0 Å². The number of rotatable bonds is 5. The minimum Gasteiger partial charge on any atom is -0.465 e. The van der Waals surface area contributed by atoms with Crippen molar-refractivity contribution in [3.63, 3.8) is 0 Å². The molecule has 2 heterocycles. The van der Waals surface area contributed by atoms with Gasteiger partial charge in [0.05, 0.1) is 6.04 Å². The maximum atomic E-state index is 12.3. The van der Waals surface area contributed by atoms with E-state index in [1.54, 1.807) is 0 Å². The number of hydrogen-bond donors (Lipinski definition) is 2. The van der Waals surface area contributed by atoms with Gasteiger partial charge in [0.1, 0.15) is 11.5 Å². The number of likely N-dealkylation sites (tertiary alicyclic amines) is 1. The third kappa shape index (κ3) is 3.52. The van der Waals surface area contributed by atoms with Crippen LogP contribution in [0.5, 0.6) is 0 Å². The van der Waals surface area contributed by atoms with Gasteiger partial charge in [0.2, 0.25) is 5.91 Å². The molecule has 5 nitrogen and oxygen atoms in total. The largest absolute Gasteiger partial charge is 0.465 e. The lowest BCUT2D eigenvalue weighted by molar-refractivity contribution is -0.125. The summed E-state index contributed by atoms with van der Waals surface area (Å²) in [6.45, 7) is 4.74. The van der Waals surface area contributed by atoms with Gasteiger partial charge in [-0.15, -0.1) is 0 Å². The van der Waals surface area contributed by atoms with Crippen LogP contribution in [0, 0.1) is 12.8 Å². The van der Waals surface area contributed by atoms with Gasteiger partial charge in [-0.05, 0) is 64.3 Å². The van der Waals surface area contributed by atoms with Crippen LogP contribution in [0.15, 0.2) is 16.5 Å². The molecule has 5 heteroatoms. The molecule has 0 bridgehead atoms. The molecule has 1 amide bonds. The van der Waals surface area contributed by atoms with E-state index in [0.717, 1.165) is 43.9 Å². The maximum Gasteiger partial charge on any atom is 0.223 e. The molecule has 3 unspecified atom stereocenters. The molecule has 1 saturated heterocycles. The zero-order valence-electron chi connectivity index (χ0n) is 13.4. The van der Waals surface area contributed by atoms with Gasteiger partial charge < -0.3 is 15.5 Å². The summed E-state index contributed by atoms with van der Waals surface area (Å²) in [5.74, 6) is 2.13. The van der Waals surface area contributed by atoms with E-state index in [1.807, 2.05) is 19.1 Å². The Labute approximate surface area is 132 Å². The summed E-state index contributed by atoms with van der Waals surface area (Å²) in [6, 6.07) is 4.37. The third-order valence-corrected chi connectivity index (χ3v) is 4.98. The van der Waals surface area contributed by atoms with Crippen molar-refractivity contribution < 1.29 is 9.21 Å². The fourth-order valence-electron chi connectivity index (χ4n) is 3.69. The lowest BCUT2D eigenvalue weighted by atomic mass is 10.1. The van der Waals surface area contributed by atoms with Crippen LogP contribution >= 0.6 is 0 Å². The van der Waals surface area contributed by atoms with E-state index < -0.39 is 0 Å². The highest BCUT2D eigenvalue weighted by Crippen LogP contribution is 2.27. The van der Waals surface area contributed by atoms with E-state index in [1.165, 1.54) is 12.8 Å². The molecule has 1 aliphatic carbocycles. The van der Waals surface area contributed by atoms with Crippen LogP contribution in [0.25, 0.3) is 0 Å². The van der Waals surface area contributed by atoms with Crippen LogP contribution in [-0.4, -0.2) is 36.5 Å². The zero-order valence-corrected chi connectivity index (χ0v) is 13.4. The molecule has 22 heavy (non-hydrogen) atoms. The van der Waals surface area contributed by atoms with Crippen LogP contribution in [-0.2, 0) is 4.79 Å². The monoisotopic (exact) mass is 305 g/mol. The standard InChI is InChI=1S/C17H27N3O2/c1-12-4-7-16(22-12)15(20-8-2-3-9-20)11-19-17(21)13-5-6-14(18)10-13/h4,7,13-15H,2-3,5-6,8-11,18H2,1H3,(H,19,21). The summed E-state index contributed by atoms with van der Waals surface area (Å²) in [6.07, 6.45) is 5.15. The molecule has 1 aromatic heterocycles. The Morgan fingerprint density at radius 2 is 2.18 bits per heavy atom. The minimum absolute atomic E-state index is 0.0903. The molecule has 3 N–H and O–H groups in total. The Morgan fingerprint density at radius 3 is 2.77 bits per heavy atom. The average molecular weight is 305 g/mol. The van der Waals surface area contributed by atoms with Crippen molar-refractivity contribution in [3.05, 3.63) is 23.7 Å².